The smallest absolute Gasteiger partial charge is 0.166 e. The van der Waals surface area contributed by atoms with Gasteiger partial charge in [0.1, 0.15) is 5.82 Å². The second-order valence-electron chi connectivity index (χ2n) is 5.11. The average Bonchev–Trinajstić information content (AvgIpc) is 2.91. The molecule has 2 unspecified atom stereocenters. The van der Waals surface area contributed by atoms with E-state index in [1.54, 1.807) is 0 Å². The van der Waals surface area contributed by atoms with Crippen molar-refractivity contribution in [2.75, 3.05) is 18.4 Å². The topological polar surface area (TPSA) is 90.0 Å². The van der Waals surface area contributed by atoms with Crippen molar-refractivity contribution in [1.82, 2.24) is 15.5 Å². The molecule has 6 nitrogen and oxygen atoms in total. The van der Waals surface area contributed by atoms with Gasteiger partial charge in [-0.15, -0.1) is 10.2 Å². The van der Waals surface area contributed by atoms with E-state index >= 15 is 0 Å². The number of nitrogens with zero attached hydrogens (tertiary/aromatic N) is 2. The number of aromatic nitrogens is 2. The first kappa shape index (κ1) is 13.2. The average molecular weight is 302 g/mol. The summed E-state index contributed by atoms with van der Waals surface area (Å²) >= 11 is 3.29. The monoisotopic (exact) mass is 301 g/mol. The summed E-state index contributed by atoms with van der Waals surface area (Å²) in [6.45, 7) is 2.15. The highest BCUT2D eigenvalue weighted by molar-refractivity contribution is 7.79. The van der Waals surface area contributed by atoms with Crippen LogP contribution in [-0.2, 0) is 11.1 Å². The minimum atomic E-state index is -2.39. The number of anilines is 1. The molecule has 0 aromatic carbocycles. The summed E-state index contributed by atoms with van der Waals surface area (Å²) in [6.07, 6.45) is 2.16. The minimum Gasteiger partial charge on any atom is -0.768 e. The molecule has 104 valence electrons. The van der Waals surface area contributed by atoms with Crippen LogP contribution in [0.3, 0.4) is 0 Å². The first-order valence-corrected chi connectivity index (χ1v) is 7.68. The third-order valence-corrected chi connectivity index (χ3v) is 4.96. The molecule has 1 aliphatic heterocycles. The lowest BCUT2D eigenvalue weighted by molar-refractivity contribution is 0.494. The molecule has 1 saturated carbocycles. The molecule has 3 rings (SSSR count). The predicted molar refractivity (Wildman–Crippen MR) is 70.7 cm³/mol. The van der Waals surface area contributed by atoms with Crippen LogP contribution in [0.15, 0.2) is 11.0 Å². The van der Waals surface area contributed by atoms with Crippen molar-refractivity contribution in [3.05, 3.63) is 11.2 Å². The van der Waals surface area contributed by atoms with Crippen molar-refractivity contribution < 1.29 is 8.76 Å². The van der Waals surface area contributed by atoms with E-state index in [-0.39, 0.29) is 10.0 Å². The van der Waals surface area contributed by atoms with Crippen LogP contribution in [0, 0.1) is 11.8 Å². The lowest BCUT2D eigenvalue weighted by Crippen LogP contribution is -2.21. The third kappa shape index (κ3) is 2.74. The van der Waals surface area contributed by atoms with Crippen LogP contribution in [0.25, 0.3) is 0 Å². The van der Waals surface area contributed by atoms with Gasteiger partial charge in [0.25, 0.3) is 0 Å². The number of nitrogens with one attached hydrogen (secondary N) is 2. The molecule has 1 aliphatic carbocycles. The number of hydrogen-bond donors (Lipinski definition) is 2. The molecule has 2 N–H and O–H groups in total. The summed E-state index contributed by atoms with van der Waals surface area (Å²) in [5.41, 5.74) is 0. The van der Waals surface area contributed by atoms with E-state index < -0.39 is 11.1 Å². The largest absolute Gasteiger partial charge is 0.768 e. The molecular weight excluding hydrogens is 288 g/mol. The van der Waals surface area contributed by atoms with Crippen molar-refractivity contribution in [2.45, 2.75) is 23.8 Å². The van der Waals surface area contributed by atoms with Crippen LogP contribution in [0.1, 0.15) is 12.8 Å². The molecule has 0 amide bonds. The van der Waals surface area contributed by atoms with E-state index in [2.05, 4.69) is 20.8 Å². The SMILES string of the molecule is O=S([O-])c1cc(NC2C[C@H]3CNC[C@H]3C2)nnc1Cl. The van der Waals surface area contributed by atoms with E-state index in [1.807, 2.05) is 0 Å². The molecule has 19 heavy (non-hydrogen) atoms. The van der Waals surface area contributed by atoms with Crippen molar-refractivity contribution in [3.8, 4) is 0 Å². The fourth-order valence-corrected chi connectivity index (χ4v) is 3.71. The number of halogens is 1. The zero-order chi connectivity index (χ0) is 13.4. The normalized spacial score (nSPS) is 31.2. The highest BCUT2D eigenvalue weighted by Crippen LogP contribution is 2.35. The van der Waals surface area contributed by atoms with Crippen LogP contribution in [-0.4, -0.2) is 38.1 Å². The summed E-state index contributed by atoms with van der Waals surface area (Å²) in [6, 6.07) is 1.77. The summed E-state index contributed by atoms with van der Waals surface area (Å²) in [7, 11) is 0. The minimum absolute atomic E-state index is 0.0148. The van der Waals surface area contributed by atoms with E-state index in [0.717, 1.165) is 25.9 Å². The van der Waals surface area contributed by atoms with Gasteiger partial charge in [-0.2, -0.15) is 0 Å². The molecule has 2 fully saturated rings. The number of rotatable bonds is 3. The Bertz CT molecular complexity index is 503. The van der Waals surface area contributed by atoms with Crippen LogP contribution >= 0.6 is 11.6 Å². The first-order chi connectivity index (χ1) is 9.13. The fourth-order valence-electron chi connectivity index (χ4n) is 3.04. The van der Waals surface area contributed by atoms with Crippen LogP contribution in [0.2, 0.25) is 5.15 Å². The summed E-state index contributed by atoms with van der Waals surface area (Å²) in [5.74, 6) is 1.90. The van der Waals surface area contributed by atoms with Gasteiger partial charge < -0.3 is 15.2 Å². The molecule has 2 heterocycles. The summed E-state index contributed by atoms with van der Waals surface area (Å²) < 4.78 is 22.0. The molecule has 0 bridgehead atoms. The Balaban J connectivity index is 1.70. The van der Waals surface area contributed by atoms with Gasteiger partial charge in [0, 0.05) is 12.1 Å². The lowest BCUT2D eigenvalue weighted by atomic mass is 10.0. The van der Waals surface area contributed by atoms with Crippen LogP contribution in [0.5, 0.6) is 0 Å². The van der Waals surface area contributed by atoms with Gasteiger partial charge in [0.2, 0.25) is 0 Å². The number of hydrogen-bond acceptors (Lipinski definition) is 6. The van der Waals surface area contributed by atoms with Crippen molar-refractivity contribution in [1.29, 1.82) is 0 Å². The molecule has 2 aliphatic rings. The molecule has 1 saturated heterocycles. The van der Waals surface area contributed by atoms with Gasteiger partial charge in [-0.05, 0) is 48.8 Å². The van der Waals surface area contributed by atoms with Gasteiger partial charge in [-0.3, -0.25) is 4.21 Å². The maximum Gasteiger partial charge on any atom is 0.166 e. The summed E-state index contributed by atoms with van der Waals surface area (Å²) in [5, 5.41) is 14.1. The van der Waals surface area contributed by atoms with E-state index in [1.165, 1.54) is 6.07 Å². The Morgan fingerprint density at radius 1 is 1.37 bits per heavy atom. The molecular formula is C11H14ClN4O2S-. The molecule has 0 radical (unpaired) electrons. The predicted octanol–water partition coefficient (Wildman–Crippen LogP) is 0.778. The number of fused-ring (bicyclic) bond motifs is 1. The Kier molecular flexibility index (Phi) is 3.70. The Morgan fingerprint density at radius 2 is 2.05 bits per heavy atom. The van der Waals surface area contributed by atoms with Gasteiger partial charge in [-0.1, -0.05) is 11.6 Å². The van der Waals surface area contributed by atoms with Crippen LogP contribution in [0.4, 0.5) is 5.82 Å². The Labute approximate surface area is 118 Å². The quantitative estimate of drug-likeness (QED) is 0.802. The summed E-state index contributed by atoms with van der Waals surface area (Å²) in [4.78, 5) is -0.0148. The Hall–Kier alpha value is -0.760. The maximum absolute atomic E-state index is 11.0. The van der Waals surface area contributed by atoms with Crippen LogP contribution < -0.4 is 10.6 Å². The van der Waals surface area contributed by atoms with Gasteiger partial charge in [-0.25, -0.2) is 0 Å². The van der Waals surface area contributed by atoms with Crippen molar-refractivity contribution in [3.63, 3.8) is 0 Å². The van der Waals surface area contributed by atoms with E-state index in [4.69, 9.17) is 11.6 Å². The van der Waals surface area contributed by atoms with Gasteiger partial charge in [0.15, 0.2) is 5.15 Å². The highest BCUT2D eigenvalue weighted by Gasteiger charge is 2.37. The van der Waals surface area contributed by atoms with Gasteiger partial charge in [0.05, 0.1) is 4.90 Å². The lowest BCUT2D eigenvalue weighted by Gasteiger charge is -2.15. The van der Waals surface area contributed by atoms with Crippen molar-refractivity contribution >= 4 is 28.5 Å². The molecule has 4 atom stereocenters. The second-order valence-corrected chi connectivity index (χ2v) is 6.38. The fraction of sp³-hybridized carbons (Fsp3) is 0.636. The van der Waals surface area contributed by atoms with E-state index in [9.17, 15) is 8.76 Å². The zero-order valence-corrected chi connectivity index (χ0v) is 11.7. The molecule has 1 aromatic heterocycles. The van der Waals surface area contributed by atoms with E-state index in [0.29, 0.717) is 23.7 Å². The standard InChI is InChI=1S/C11H15ClN4O2S/c12-11-9(19(17)18)3-10(15-16-11)14-8-1-6-4-13-5-7(6)2-8/h3,6-8,13H,1-2,4-5H2,(H,14,15)(H,17,18)/p-1/t6-,7+,8?. The second kappa shape index (κ2) is 5.32. The third-order valence-electron chi connectivity index (χ3n) is 3.90. The molecule has 0 spiro atoms. The molecule has 1 aromatic rings. The highest BCUT2D eigenvalue weighted by atomic mass is 35.5. The maximum atomic E-state index is 11.0. The molecule has 8 heteroatoms. The Morgan fingerprint density at radius 3 is 2.68 bits per heavy atom. The zero-order valence-electron chi connectivity index (χ0n) is 10.1. The first-order valence-electron chi connectivity index (χ1n) is 6.23. The van der Waals surface area contributed by atoms with Gasteiger partial charge >= 0.3 is 0 Å². The van der Waals surface area contributed by atoms with Crippen molar-refractivity contribution in [2.24, 2.45) is 11.8 Å².